The van der Waals surface area contributed by atoms with Crippen LogP contribution >= 0.6 is 11.6 Å². The van der Waals surface area contributed by atoms with Crippen LogP contribution in [0.5, 0.6) is 0 Å². The van der Waals surface area contributed by atoms with E-state index < -0.39 is 0 Å². The molecule has 0 unspecified atom stereocenters. The van der Waals surface area contributed by atoms with Crippen LogP contribution in [0.25, 0.3) is 0 Å². The number of anilines is 1. The Hall–Kier alpha value is -0.730. The van der Waals surface area contributed by atoms with Gasteiger partial charge in [-0.3, -0.25) is 0 Å². The maximum absolute atomic E-state index is 5.79. The monoisotopic (exact) mass is 210 g/mol. The molecule has 1 aromatic carbocycles. The van der Waals surface area contributed by atoms with E-state index in [2.05, 4.69) is 10.2 Å². The zero-order valence-corrected chi connectivity index (χ0v) is 8.93. The number of likely N-dealkylation sites (tertiary alicyclic amines) is 1. The molecule has 1 aliphatic heterocycles. The summed E-state index contributed by atoms with van der Waals surface area (Å²) in [6.45, 7) is 4.69. The molecule has 0 amide bonds. The van der Waals surface area contributed by atoms with E-state index in [-0.39, 0.29) is 0 Å². The second kappa shape index (κ2) is 4.67. The number of rotatable bonds is 4. The molecule has 0 atom stereocenters. The van der Waals surface area contributed by atoms with Crippen molar-refractivity contribution in [2.45, 2.75) is 6.42 Å². The molecule has 2 rings (SSSR count). The van der Waals surface area contributed by atoms with E-state index in [1.54, 1.807) is 0 Å². The highest BCUT2D eigenvalue weighted by Gasteiger charge is 2.11. The number of benzene rings is 1. The van der Waals surface area contributed by atoms with Crippen molar-refractivity contribution in [3.63, 3.8) is 0 Å². The normalized spacial score (nSPS) is 16.4. The van der Waals surface area contributed by atoms with Crippen molar-refractivity contribution in [1.82, 2.24) is 4.90 Å². The molecule has 0 radical (unpaired) electrons. The predicted octanol–water partition coefficient (Wildman–Crippen LogP) is 2.46. The van der Waals surface area contributed by atoms with E-state index in [1.165, 1.54) is 19.5 Å². The van der Waals surface area contributed by atoms with Gasteiger partial charge in [0.25, 0.3) is 0 Å². The molecule has 0 aromatic heterocycles. The summed E-state index contributed by atoms with van der Waals surface area (Å²) in [6, 6.07) is 7.85. The third kappa shape index (κ3) is 2.63. The minimum Gasteiger partial charge on any atom is -0.384 e. The molecule has 0 spiro atoms. The first-order valence-electron chi connectivity index (χ1n) is 5.06. The van der Waals surface area contributed by atoms with Crippen molar-refractivity contribution in [2.75, 3.05) is 31.5 Å². The lowest BCUT2D eigenvalue weighted by Crippen LogP contribution is -2.40. The first-order chi connectivity index (χ1) is 6.84. The number of halogens is 1. The van der Waals surface area contributed by atoms with Gasteiger partial charge in [0.05, 0.1) is 0 Å². The average Bonchev–Trinajstić information content (AvgIpc) is 2.12. The van der Waals surface area contributed by atoms with Gasteiger partial charge in [-0.25, -0.2) is 0 Å². The SMILES string of the molecule is Clc1ccc(NCCN2CCC2)cc1. The van der Waals surface area contributed by atoms with Crippen molar-refractivity contribution in [3.8, 4) is 0 Å². The lowest BCUT2D eigenvalue weighted by Gasteiger charge is -2.30. The van der Waals surface area contributed by atoms with Crippen molar-refractivity contribution in [2.24, 2.45) is 0 Å². The molecule has 0 aliphatic carbocycles. The van der Waals surface area contributed by atoms with Gasteiger partial charge in [-0.1, -0.05) is 11.6 Å². The summed E-state index contributed by atoms with van der Waals surface area (Å²) in [5, 5.41) is 4.16. The molecule has 0 bridgehead atoms. The largest absolute Gasteiger partial charge is 0.384 e. The Labute approximate surface area is 89.9 Å². The van der Waals surface area contributed by atoms with E-state index in [0.29, 0.717) is 0 Å². The maximum atomic E-state index is 5.79. The minimum atomic E-state index is 0.790. The van der Waals surface area contributed by atoms with E-state index in [0.717, 1.165) is 23.8 Å². The van der Waals surface area contributed by atoms with Gasteiger partial charge >= 0.3 is 0 Å². The van der Waals surface area contributed by atoms with Crippen molar-refractivity contribution < 1.29 is 0 Å². The van der Waals surface area contributed by atoms with Crippen molar-refractivity contribution >= 4 is 17.3 Å². The third-order valence-electron chi connectivity index (χ3n) is 2.55. The van der Waals surface area contributed by atoms with Crippen molar-refractivity contribution in [3.05, 3.63) is 29.3 Å². The van der Waals surface area contributed by atoms with Crippen LogP contribution in [-0.2, 0) is 0 Å². The van der Waals surface area contributed by atoms with Crippen LogP contribution in [0.4, 0.5) is 5.69 Å². The van der Waals surface area contributed by atoms with Crippen LogP contribution in [0.3, 0.4) is 0 Å². The summed E-state index contributed by atoms with van der Waals surface area (Å²) in [6.07, 6.45) is 1.36. The van der Waals surface area contributed by atoms with Gasteiger partial charge in [-0.2, -0.15) is 0 Å². The Bertz CT molecular complexity index is 280. The molecule has 1 heterocycles. The highest BCUT2D eigenvalue weighted by atomic mass is 35.5. The van der Waals surface area contributed by atoms with Gasteiger partial charge in [0.15, 0.2) is 0 Å². The second-order valence-corrected chi connectivity index (χ2v) is 4.07. The van der Waals surface area contributed by atoms with Crippen LogP contribution in [0, 0.1) is 0 Å². The van der Waals surface area contributed by atoms with Crippen LogP contribution in [0.1, 0.15) is 6.42 Å². The fourth-order valence-corrected chi connectivity index (χ4v) is 1.66. The number of nitrogens with one attached hydrogen (secondary N) is 1. The van der Waals surface area contributed by atoms with Crippen molar-refractivity contribution in [1.29, 1.82) is 0 Å². The topological polar surface area (TPSA) is 15.3 Å². The fourth-order valence-electron chi connectivity index (χ4n) is 1.53. The van der Waals surface area contributed by atoms with Crippen LogP contribution in [-0.4, -0.2) is 31.1 Å². The number of nitrogens with zero attached hydrogens (tertiary/aromatic N) is 1. The molecule has 1 fully saturated rings. The molecular weight excluding hydrogens is 196 g/mol. The van der Waals surface area contributed by atoms with Gasteiger partial charge in [-0.15, -0.1) is 0 Å². The van der Waals surface area contributed by atoms with Gasteiger partial charge in [0.1, 0.15) is 0 Å². The molecule has 3 heteroatoms. The lowest BCUT2D eigenvalue weighted by atomic mass is 10.2. The smallest absolute Gasteiger partial charge is 0.0407 e. The van der Waals surface area contributed by atoms with Gasteiger partial charge in [0.2, 0.25) is 0 Å². The van der Waals surface area contributed by atoms with Gasteiger partial charge < -0.3 is 10.2 Å². The maximum Gasteiger partial charge on any atom is 0.0407 e. The zero-order valence-electron chi connectivity index (χ0n) is 8.17. The highest BCUT2D eigenvalue weighted by Crippen LogP contribution is 2.13. The van der Waals surface area contributed by atoms with Crippen LogP contribution in [0.15, 0.2) is 24.3 Å². The first kappa shape index (κ1) is 9.81. The summed E-state index contributed by atoms with van der Waals surface area (Å²) in [5.41, 5.74) is 1.15. The Morgan fingerprint density at radius 2 is 1.93 bits per heavy atom. The Morgan fingerprint density at radius 1 is 1.21 bits per heavy atom. The Morgan fingerprint density at radius 3 is 2.50 bits per heavy atom. The molecule has 0 saturated carbocycles. The third-order valence-corrected chi connectivity index (χ3v) is 2.80. The van der Waals surface area contributed by atoms with E-state index in [9.17, 15) is 0 Å². The molecule has 2 nitrogen and oxygen atoms in total. The highest BCUT2D eigenvalue weighted by molar-refractivity contribution is 6.30. The first-order valence-corrected chi connectivity index (χ1v) is 5.44. The molecule has 14 heavy (non-hydrogen) atoms. The van der Waals surface area contributed by atoms with Crippen LogP contribution in [0.2, 0.25) is 5.02 Å². The van der Waals surface area contributed by atoms with Gasteiger partial charge in [-0.05, 0) is 43.8 Å². The quantitative estimate of drug-likeness (QED) is 0.822. The van der Waals surface area contributed by atoms with E-state index in [1.807, 2.05) is 24.3 Å². The minimum absolute atomic E-state index is 0.790. The second-order valence-electron chi connectivity index (χ2n) is 3.63. The average molecular weight is 211 g/mol. The predicted molar refractivity (Wildman–Crippen MR) is 61.0 cm³/mol. The molecule has 1 N–H and O–H groups in total. The Kier molecular flexibility index (Phi) is 3.27. The summed E-state index contributed by atoms with van der Waals surface area (Å²) in [5.74, 6) is 0. The van der Waals surface area contributed by atoms with Crippen LogP contribution < -0.4 is 5.32 Å². The summed E-state index contributed by atoms with van der Waals surface area (Å²) < 4.78 is 0. The lowest BCUT2D eigenvalue weighted by molar-refractivity contribution is 0.189. The number of hydrogen-bond donors (Lipinski definition) is 1. The van der Waals surface area contributed by atoms with E-state index in [4.69, 9.17) is 11.6 Å². The zero-order chi connectivity index (χ0) is 9.80. The van der Waals surface area contributed by atoms with E-state index >= 15 is 0 Å². The molecule has 1 saturated heterocycles. The standard InChI is InChI=1S/C11H15ClN2/c12-10-2-4-11(5-3-10)13-6-9-14-7-1-8-14/h2-5,13H,1,6-9H2. The molecule has 76 valence electrons. The summed E-state index contributed by atoms with van der Waals surface area (Å²) in [7, 11) is 0. The molecule has 1 aliphatic rings. The molecule has 1 aromatic rings. The summed E-state index contributed by atoms with van der Waals surface area (Å²) >= 11 is 5.79. The fraction of sp³-hybridized carbons (Fsp3) is 0.455. The molecular formula is C11H15ClN2. The summed E-state index contributed by atoms with van der Waals surface area (Å²) in [4.78, 5) is 2.45. The number of hydrogen-bond acceptors (Lipinski definition) is 2. The van der Waals surface area contributed by atoms with Gasteiger partial charge in [0, 0.05) is 23.8 Å². The Balaban J connectivity index is 1.71.